The molecule has 35 heavy (non-hydrogen) atoms. The second kappa shape index (κ2) is 12.2. The molecule has 3 fully saturated rings. The number of anilines is 1. The lowest BCUT2D eigenvalue weighted by Crippen LogP contribution is -2.57. The van der Waals surface area contributed by atoms with Gasteiger partial charge >= 0.3 is 12.1 Å². The van der Waals surface area contributed by atoms with Crippen molar-refractivity contribution in [1.82, 2.24) is 25.1 Å². The number of hydrogen-bond donors (Lipinski definition) is 1. The van der Waals surface area contributed by atoms with Gasteiger partial charge in [0.25, 0.3) is 0 Å². The molecule has 9 nitrogen and oxygen atoms in total. The summed E-state index contributed by atoms with van der Waals surface area (Å²) < 4.78 is 11.0. The highest BCUT2D eigenvalue weighted by Gasteiger charge is 2.45. The average molecular weight is 491 g/mol. The molecule has 9 heteroatoms. The first-order valence-electron chi connectivity index (χ1n) is 13.3. The SMILES string of the molecule is CC.CN1CCCC1.COc1nc2c(c(N3CC4CCC(C3)N4C(=O)OC(C)(C)C)n1)CCNC2. The Morgan fingerprint density at radius 3 is 2.20 bits per heavy atom. The second-order valence-electron chi connectivity index (χ2n) is 10.6. The summed E-state index contributed by atoms with van der Waals surface area (Å²) in [7, 11) is 3.78. The van der Waals surface area contributed by atoms with Gasteiger partial charge in [0.2, 0.25) is 0 Å². The lowest BCUT2D eigenvalue weighted by atomic mass is 10.1. The van der Waals surface area contributed by atoms with Crippen LogP contribution in [0.25, 0.3) is 0 Å². The van der Waals surface area contributed by atoms with Gasteiger partial charge in [0, 0.05) is 25.2 Å². The van der Waals surface area contributed by atoms with Crippen LogP contribution in [-0.4, -0.2) is 90.4 Å². The van der Waals surface area contributed by atoms with E-state index in [-0.39, 0.29) is 18.2 Å². The third-order valence-corrected chi connectivity index (χ3v) is 6.79. The van der Waals surface area contributed by atoms with Crippen molar-refractivity contribution < 1.29 is 14.3 Å². The average Bonchev–Trinajstić information content (AvgIpc) is 3.42. The van der Waals surface area contributed by atoms with Gasteiger partial charge in [0.1, 0.15) is 11.4 Å². The zero-order chi connectivity index (χ0) is 25.6. The molecule has 1 aromatic rings. The predicted molar refractivity (Wildman–Crippen MR) is 139 cm³/mol. The molecule has 3 saturated heterocycles. The number of ether oxygens (including phenoxy) is 2. The van der Waals surface area contributed by atoms with E-state index in [4.69, 9.17) is 9.47 Å². The van der Waals surface area contributed by atoms with Crippen LogP contribution in [0, 0.1) is 0 Å². The summed E-state index contributed by atoms with van der Waals surface area (Å²) in [5.74, 6) is 0.971. The molecule has 2 unspecified atom stereocenters. The molecule has 5 heterocycles. The summed E-state index contributed by atoms with van der Waals surface area (Å²) in [5, 5.41) is 3.36. The fraction of sp³-hybridized carbons (Fsp3) is 0.808. The van der Waals surface area contributed by atoms with Crippen molar-refractivity contribution >= 4 is 11.9 Å². The number of methoxy groups -OCH3 is 1. The van der Waals surface area contributed by atoms with E-state index in [2.05, 4.69) is 32.1 Å². The zero-order valence-electron chi connectivity index (χ0n) is 22.9. The van der Waals surface area contributed by atoms with E-state index in [0.29, 0.717) is 6.01 Å². The summed E-state index contributed by atoms with van der Waals surface area (Å²) >= 11 is 0. The third-order valence-electron chi connectivity index (χ3n) is 6.79. The molecular formula is C26H46N6O3. The second-order valence-corrected chi connectivity index (χ2v) is 10.6. The number of fused-ring (bicyclic) bond motifs is 3. The molecule has 0 spiro atoms. The summed E-state index contributed by atoms with van der Waals surface area (Å²) in [5.41, 5.74) is 1.75. The summed E-state index contributed by atoms with van der Waals surface area (Å²) in [6, 6.07) is 0.739. The van der Waals surface area contributed by atoms with Crippen LogP contribution in [0.3, 0.4) is 0 Å². The molecule has 198 valence electrons. The molecule has 0 radical (unpaired) electrons. The van der Waals surface area contributed by atoms with Crippen molar-refractivity contribution in [1.29, 1.82) is 0 Å². The minimum atomic E-state index is -0.472. The van der Waals surface area contributed by atoms with Crippen LogP contribution in [0.15, 0.2) is 0 Å². The molecule has 5 rings (SSSR count). The molecule has 4 aliphatic heterocycles. The molecule has 0 aliphatic carbocycles. The minimum Gasteiger partial charge on any atom is -0.467 e. The Hall–Kier alpha value is -2.13. The van der Waals surface area contributed by atoms with E-state index in [9.17, 15) is 4.79 Å². The Morgan fingerprint density at radius 2 is 1.69 bits per heavy atom. The molecule has 2 atom stereocenters. The first-order valence-corrected chi connectivity index (χ1v) is 13.3. The molecule has 0 aromatic carbocycles. The Kier molecular flexibility index (Phi) is 9.58. The van der Waals surface area contributed by atoms with Crippen LogP contribution in [0.1, 0.15) is 71.6 Å². The lowest BCUT2D eigenvalue weighted by Gasteiger charge is -2.42. The number of nitrogens with zero attached hydrogens (tertiary/aromatic N) is 5. The molecule has 0 saturated carbocycles. The maximum absolute atomic E-state index is 12.7. The van der Waals surface area contributed by atoms with Gasteiger partial charge in [-0.15, -0.1) is 0 Å². The standard InChI is InChI=1S/C19H29N5O3.C5H11N.C2H6/c1-19(2,3)27-18(25)24-12-5-6-13(24)11-23(10-12)16-14-7-8-20-9-15(14)21-17(22-16)26-4;1-6-4-2-3-5-6;1-2/h12-13,20H,5-11H2,1-4H3;2-5H2,1H3;1-2H3. The lowest BCUT2D eigenvalue weighted by molar-refractivity contribution is 0.0122. The Labute approximate surface area is 211 Å². The number of aromatic nitrogens is 2. The van der Waals surface area contributed by atoms with Gasteiger partial charge in [-0.3, -0.25) is 4.90 Å². The molecule has 4 aliphatic rings. The van der Waals surface area contributed by atoms with Crippen molar-refractivity contribution in [3.05, 3.63) is 11.3 Å². The van der Waals surface area contributed by atoms with Crippen molar-refractivity contribution in [2.45, 2.75) is 91.0 Å². The fourth-order valence-corrected chi connectivity index (χ4v) is 5.23. The fourth-order valence-electron chi connectivity index (χ4n) is 5.23. The predicted octanol–water partition coefficient (Wildman–Crippen LogP) is 3.46. The van der Waals surface area contributed by atoms with Crippen LogP contribution in [-0.2, 0) is 17.7 Å². The Morgan fingerprint density at radius 1 is 1.06 bits per heavy atom. The van der Waals surface area contributed by atoms with Crippen molar-refractivity contribution in [3.8, 4) is 6.01 Å². The number of piperazine rings is 1. The highest BCUT2D eigenvalue weighted by atomic mass is 16.6. The summed E-state index contributed by atoms with van der Waals surface area (Å²) in [6.45, 7) is 15.6. The van der Waals surface area contributed by atoms with E-state index < -0.39 is 5.60 Å². The largest absolute Gasteiger partial charge is 0.467 e. The minimum absolute atomic E-state index is 0.164. The first-order chi connectivity index (χ1) is 16.7. The number of rotatable bonds is 2. The molecule has 1 amide bonds. The topological polar surface area (TPSA) is 83.1 Å². The van der Waals surface area contributed by atoms with Crippen LogP contribution in [0.2, 0.25) is 0 Å². The van der Waals surface area contributed by atoms with Crippen LogP contribution in [0.5, 0.6) is 6.01 Å². The van der Waals surface area contributed by atoms with Gasteiger partial charge in [-0.1, -0.05) is 13.8 Å². The van der Waals surface area contributed by atoms with Crippen molar-refractivity contribution in [2.24, 2.45) is 0 Å². The number of likely N-dealkylation sites (tertiary alicyclic amines) is 1. The monoisotopic (exact) mass is 490 g/mol. The van der Waals surface area contributed by atoms with E-state index in [1.54, 1.807) is 7.11 Å². The van der Waals surface area contributed by atoms with Crippen LogP contribution in [0.4, 0.5) is 10.6 Å². The molecule has 1 aromatic heterocycles. The summed E-state index contributed by atoms with van der Waals surface area (Å²) in [6.07, 6.45) is 5.56. The van der Waals surface area contributed by atoms with Crippen molar-refractivity contribution in [2.75, 3.05) is 51.8 Å². The van der Waals surface area contributed by atoms with Crippen LogP contribution >= 0.6 is 0 Å². The van der Waals surface area contributed by atoms with Gasteiger partial charge in [0.15, 0.2) is 0 Å². The van der Waals surface area contributed by atoms with Gasteiger partial charge in [-0.25, -0.2) is 4.79 Å². The highest BCUT2D eigenvalue weighted by Crippen LogP contribution is 2.35. The number of carbonyl (C=O) groups excluding carboxylic acids is 1. The Bertz CT molecular complexity index is 823. The van der Waals surface area contributed by atoms with Gasteiger partial charge in [-0.2, -0.15) is 9.97 Å². The molecule has 2 bridgehead atoms. The normalized spacial score (nSPS) is 23.5. The third kappa shape index (κ3) is 6.97. The Balaban J connectivity index is 0.000000369. The molecular weight excluding hydrogens is 444 g/mol. The number of carbonyl (C=O) groups is 1. The van der Waals surface area contributed by atoms with E-state index in [1.807, 2.05) is 39.5 Å². The van der Waals surface area contributed by atoms with Gasteiger partial charge in [0.05, 0.1) is 24.9 Å². The maximum Gasteiger partial charge on any atom is 0.410 e. The zero-order valence-corrected chi connectivity index (χ0v) is 22.9. The van der Waals surface area contributed by atoms with Gasteiger partial charge in [-0.05, 0) is 79.6 Å². The quantitative estimate of drug-likeness (QED) is 0.675. The van der Waals surface area contributed by atoms with E-state index in [0.717, 1.165) is 57.0 Å². The van der Waals surface area contributed by atoms with E-state index in [1.165, 1.54) is 31.5 Å². The van der Waals surface area contributed by atoms with Crippen molar-refractivity contribution in [3.63, 3.8) is 0 Å². The first kappa shape index (κ1) is 27.5. The molecule has 1 N–H and O–H groups in total. The number of amides is 1. The maximum atomic E-state index is 12.7. The van der Waals surface area contributed by atoms with Gasteiger partial charge < -0.3 is 24.6 Å². The smallest absolute Gasteiger partial charge is 0.410 e. The summed E-state index contributed by atoms with van der Waals surface area (Å²) in [4.78, 5) is 28.5. The van der Waals surface area contributed by atoms with E-state index >= 15 is 0 Å². The highest BCUT2D eigenvalue weighted by molar-refractivity contribution is 5.70. The number of hydrogen-bond acceptors (Lipinski definition) is 8. The van der Waals surface area contributed by atoms with Crippen LogP contribution < -0.4 is 15.0 Å². The number of nitrogens with one attached hydrogen (secondary N) is 1.